The number of nitrogen functional groups attached to an aromatic ring is 1. The van der Waals surface area contributed by atoms with Crippen LogP contribution in [0.25, 0.3) is 11.0 Å². The molecule has 20 heavy (non-hydrogen) atoms. The van der Waals surface area contributed by atoms with Crippen molar-refractivity contribution >= 4 is 17.0 Å². The van der Waals surface area contributed by atoms with E-state index in [2.05, 4.69) is 27.9 Å². The van der Waals surface area contributed by atoms with E-state index >= 15 is 0 Å². The molecular formula is C14H19N5O. The zero-order chi connectivity index (χ0) is 14.5. The number of H-pyrrole nitrogens is 2. The van der Waals surface area contributed by atoms with E-state index in [9.17, 15) is 4.79 Å². The first-order valence-corrected chi connectivity index (χ1v) is 6.91. The number of nitriles is 1. The van der Waals surface area contributed by atoms with Crippen LogP contribution in [0.1, 0.15) is 50.5 Å². The van der Waals surface area contributed by atoms with Crippen molar-refractivity contribution in [3.63, 3.8) is 0 Å². The molecule has 0 aromatic carbocycles. The zero-order valence-electron chi connectivity index (χ0n) is 11.6. The SMILES string of the molecule is CCCCCC(CC#N)c1c[nH]c2c(=O)[nH]c(N)nc12. The van der Waals surface area contributed by atoms with Crippen molar-refractivity contribution in [3.05, 3.63) is 22.1 Å². The Labute approximate surface area is 117 Å². The summed E-state index contributed by atoms with van der Waals surface area (Å²) in [5.41, 5.74) is 7.25. The molecule has 2 heterocycles. The number of nitrogens with zero attached hydrogens (tertiary/aromatic N) is 2. The number of nitrogens with one attached hydrogen (secondary N) is 2. The van der Waals surface area contributed by atoms with Crippen molar-refractivity contribution < 1.29 is 0 Å². The predicted octanol–water partition coefficient (Wildman–Crippen LogP) is 2.41. The van der Waals surface area contributed by atoms with Crippen molar-refractivity contribution in [1.82, 2.24) is 15.0 Å². The average Bonchev–Trinajstić information content (AvgIpc) is 2.82. The molecule has 2 aromatic heterocycles. The van der Waals surface area contributed by atoms with Gasteiger partial charge in [0.15, 0.2) is 0 Å². The molecule has 2 aromatic rings. The van der Waals surface area contributed by atoms with Crippen molar-refractivity contribution in [2.75, 3.05) is 5.73 Å². The van der Waals surface area contributed by atoms with E-state index in [0.29, 0.717) is 17.5 Å². The summed E-state index contributed by atoms with van der Waals surface area (Å²) >= 11 is 0. The van der Waals surface area contributed by atoms with Gasteiger partial charge in [0.2, 0.25) is 5.95 Å². The fourth-order valence-corrected chi connectivity index (χ4v) is 2.48. The summed E-state index contributed by atoms with van der Waals surface area (Å²) in [5.74, 6) is 0.196. The molecule has 1 unspecified atom stereocenters. The van der Waals surface area contributed by atoms with E-state index in [4.69, 9.17) is 11.0 Å². The summed E-state index contributed by atoms with van der Waals surface area (Å²) in [6.45, 7) is 2.15. The zero-order valence-corrected chi connectivity index (χ0v) is 11.6. The molecule has 0 spiro atoms. The molecule has 2 rings (SSSR count). The van der Waals surface area contributed by atoms with Gasteiger partial charge in [-0.15, -0.1) is 0 Å². The maximum absolute atomic E-state index is 11.8. The molecule has 0 aliphatic rings. The summed E-state index contributed by atoms with van der Waals surface area (Å²) in [4.78, 5) is 21.4. The Balaban J connectivity index is 2.38. The number of anilines is 1. The number of hydrogen-bond donors (Lipinski definition) is 3. The molecule has 0 aliphatic heterocycles. The topological polar surface area (TPSA) is 111 Å². The number of unbranched alkanes of at least 4 members (excludes halogenated alkanes) is 2. The molecule has 0 fully saturated rings. The standard InChI is InChI=1S/C14H19N5O/c1-2-3-4-5-9(6-7-15)10-8-17-12-11(10)18-14(16)19-13(12)20/h8-9,17H,2-6H2,1H3,(H3,16,18,19,20). The fraction of sp³-hybridized carbons (Fsp3) is 0.500. The first kappa shape index (κ1) is 14.1. The van der Waals surface area contributed by atoms with Crippen LogP contribution in [0.15, 0.2) is 11.0 Å². The van der Waals surface area contributed by atoms with Gasteiger partial charge < -0.3 is 10.7 Å². The lowest BCUT2D eigenvalue weighted by atomic mass is 9.92. The monoisotopic (exact) mass is 273 g/mol. The fourth-order valence-electron chi connectivity index (χ4n) is 2.48. The minimum absolute atomic E-state index is 0.0917. The second-order valence-electron chi connectivity index (χ2n) is 4.97. The Morgan fingerprint density at radius 2 is 2.30 bits per heavy atom. The minimum Gasteiger partial charge on any atom is -0.369 e. The van der Waals surface area contributed by atoms with Gasteiger partial charge in [0.05, 0.1) is 6.07 Å². The summed E-state index contributed by atoms with van der Waals surface area (Å²) in [6.07, 6.45) is 6.46. The lowest BCUT2D eigenvalue weighted by molar-refractivity contribution is 0.575. The van der Waals surface area contributed by atoms with Gasteiger partial charge in [-0.2, -0.15) is 5.26 Å². The van der Waals surface area contributed by atoms with Crippen LogP contribution >= 0.6 is 0 Å². The number of hydrogen-bond acceptors (Lipinski definition) is 4. The molecule has 4 N–H and O–H groups in total. The number of aromatic amines is 2. The Morgan fingerprint density at radius 1 is 1.50 bits per heavy atom. The first-order valence-electron chi connectivity index (χ1n) is 6.91. The smallest absolute Gasteiger partial charge is 0.276 e. The number of rotatable bonds is 6. The Kier molecular flexibility index (Phi) is 4.41. The second-order valence-corrected chi connectivity index (χ2v) is 4.97. The van der Waals surface area contributed by atoms with Gasteiger partial charge in [0, 0.05) is 24.1 Å². The molecule has 6 heteroatoms. The molecular weight excluding hydrogens is 254 g/mol. The molecule has 0 saturated heterocycles. The molecule has 1 atom stereocenters. The quantitative estimate of drug-likeness (QED) is 0.701. The predicted molar refractivity (Wildman–Crippen MR) is 78.2 cm³/mol. The van der Waals surface area contributed by atoms with Crippen molar-refractivity contribution in [1.29, 1.82) is 5.26 Å². The second kappa shape index (κ2) is 6.24. The van der Waals surface area contributed by atoms with Gasteiger partial charge in [-0.25, -0.2) is 4.98 Å². The number of aromatic nitrogens is 3. The largest absolute Gasteiger partial charge is 0.369 e. The van der Waals surface area contributed by atoms with E-state index in [0.717, 1.165) is 31.2 Å². The van der Waals surface area contributed by atoms with Crippen LogP contribution in [0.4, 0.5) is 5.95 Å². The van der Waals surface area contributed by atoms with E-state index in [-0.39, 0.29) is 17.4 Å². The third-order valence-corrected chi connectivity index (χ3v) is 3.52. The Hall–Kier alpha value is -2.29. The summed E-state index contributed by atoms with van der Waals surface area (Å²) < 4.78 is 0. The third-order valence-electron chi connectivity index (χ3n) is 3.52. The van der Waals surface area contributed by atoms with Crippen LogP contribution < -0.4 is 11.3 Å². The highest BCUT2D eigenvalue weighted by molar-refractivity contribution is 5.79. The van der Waals surface area contributed by atoms with Gasteiger partial charge in [0.25, 0.3) is 5.56 Å². The summed E-state index contributed by atoms with van der Waals surface area (Å²) in [7, 11) is 0. The first-order chi connectivity index (χ1) is 9.67. The molecule has 0 radical (unpaired) electrons. The van der Waals surface area contributed by atoms with E-state index in [1.54, 1.807) is 6.20 Å². The Morgan fingerprint density at radius 3 is 3.00 bits per heavy atom. The van der Waals surface area contributed by atoms with Crippen LogP contribution in [0, 0.1) is 11.3 Å². The van der Waals surface area contributed by atoms with Gasteiger partial charge in [-0.05, 0) is 6.42 Å². The van der Waals surface area contributed by atoms with Gasteiger partial charge in [-0.3, -0.25) is 9.78 Å². The normalized spacial score (nSPS) is 12.4. The van der Waals surface area contributed by atoms with Gasteiger partial charge in [0.1, 0.15) is 11.0 Å². The van der Waals surface area contributed by atoms with E-state index < -0.39 is 0 Å². The molecule has 0 aliphatic carbocycles. The average molecular weight is 273 g/mol. The van der Waals surface area contributed by atoms with Crippen molar-refractivity contribution in [2.24, 2.45) is 0 Å². The van der Waals surface area contributed by atoms with E-state index in [1.807, 2.05) is 0 Å². The van der Waals surface area contributed by atoms with Crippen LogP contribution in [-0.4, -0.2) is 15.0 Å². The summed E-state index contributed by atoms with van der Waals surface area (Å²) in [5, 5.41) is 9.00. The molecule has 0 bridgehead atoms. The maximum Gasteiger partial charge on any atom is 0.276 e. The Bertz CT molecular complexity index is 679. The highest BCUT2D eigenvalue weighted by Gasteiger charge is 2.18. The van der Waals surface area contributed by atoms with Gasteiger partial charge >= 0.3 is 0 Å². The highest BCUT2D eigenvalue weighted by Crippen LogP contribution is 2.29. The van der Waals surface area contributed by atoms with E-state index in [1.165, 1.54) is 0 Å². The van der Waals surface area contributed by atoms with Gasteiger partial charge in [-0.1, -0.05) is 26.2 Å². The molecule has 0 saturated carbocycles. The highest BCUT2D eigenvalue weighted by atomic mass is 16.1. The molecule has 0 amide bonds. The lowest BCUT2D eigenvalue weighted by Crippen LogP contribution is -2.11. The number of nitrogens with two attached hydrogens (primary N) is 1. The minimum atomic E-state index is -0.275. The molecule has 106 valence electrons. The van der Waals surface area contributed by atoms with Crippen LogP contribution in [0.2, 0.25) is 0 Å². The van der Waals surface area contributed by atoms with Crippen LogP contribution in [0.5, 0.6) is 0 Å². The van der Waals surface area contributed by atoms with Crippen molar-refractivity contribution in [3.8, 4) is 6.07 Å². The maximum atomic E-state index is 11.8. The van der Waals surface area contributed by atoms with Crippen molar-refractivity contribution in [2.45, 2.75) is 44.9 Å². The van der Waals surface area contributed by atoms with Crippen LogP contribution in [0.3, 0.4) is 0 Å². The van der Waals surface area contributed by atoms with Crippen LogP contribution in [-0.2, 0) is 0 Å². The lowest BCUT2D eigenvalue weighted by Gasteiger charge is -2.12. The third kappa shape index (κ3) is 2.82. The number of fused-ring (bicyclic) bond motifs is 1. The molecule has 6 nitrogen and oxygen atoms in total. The summed E-state index contributed by atoms with van der Waals surface area (Å²) in [6, 6.07) is 2.22.